The van der Waals surface area contributed by atoms with Crippen LogP contribution in [0.2, 0.25) is 0 Å². The second-order valence-corrected chi connectivity index (χ2v) is 8.89. The number of unbranched alkanes of at least 4 members (excludes halogenated alkanes) is 1. The molecule has 4 heteroatoms. The topological polar surface area (TPSA) is 9.23 Å². The third-order valence-electron chi connectivity index (χ3n) is 6.77. The SMILES string of the molecule is CCCCC1CCC(C(C)Cc2ccc(-c3cc(F)c(OC)c(F)c3)c(F)c2)CC1. The lowest BCUT2D eigenvalue weighted by molar-refractivity contribution is 0.204. The van der Waals surface area contributed by atoms with E-state index in [4.69, 9.17) is 4.74 Å². The molecular formula is C26H33F3O. The van der Waals surface area contributed by atoms with Crippen molar-refractivity contribution in [2.24, 2.45) is 17.8 Å². The fraction of sp³-hybridized carbons (Fsp3) is 0.538. The summed E-state index contributed by atoms with van der Waals surface area (Å²) in [7, 11) is 1.20. The minimum atomic E-state index is -0.834. The van der Waals surface area contributed by atoms with Gasteiger partial charge < -0.3 is 4.74 Å². The number of ether oxygens (including phenoxy) is 1. The van der Waals surface area contributed by atoms with E-state index in [0.29, 0.717) is 11.8 Å². The molecule has 1 aliphatic rings. The molecule has 1 aliphatic carbocycles. The van der Waals surface area contributed by atoms with Gasteiger partial charge in [-0.25, -0.2) is 13.2 Å². The molecule has 1 saturated carbocycles. The normalized spacial score (nSPS) is 20.2. The second kappa shape index (κ2) is 10.4. The van der Waals surface area contributed by atoms with Crippen LogP contribution in [0.3, 0.4) is 0 Å². The molecule has 0 saturated heterocycles. The molecule has 30 heavy (non-hydrogen) atoms. The predicted molar refractivity (Wildman–Crippen MR) is 116 cm³/mol. The molecule has 2 aromatic carbocycles. The zero-order valence-corrected chi connectivity index (χ0v) is 18.3. The average Bonchev–Trinajstić information content (AvgIpc) is 2.72. The summed E-state index contributed by atoms with van der Waals surface area (Å²) in [6.07, 6.45) is 9.95. The van der Waals surface area contributed by atoms with Crippen LogP contribution in [0.4, 0.5) is 13.2 Å². The quantitative estimate of drug-likeness (QED) is 0.422. The maximum atomic E-state index is 14.8. The van der Waals surface area contributed by atoms with Crippen molar-refractivity contribution in [2.45, 2.75) is 65.2 Å². The van der Waals surface area contributed by atoms with Crippen LogP contribution >= 0.6 is 0 Å². The molecule has 0 heterocycles. The molecule has 0 aromatic heterocycles. The van der Waals surface area contributed by atoms with Crippen molar-refractivity contribution in [1.29, 1.82) is 0 Å². The van der Waals surface area contributed by atoms with Crippen LogP contribution in [-0.2, 0) is 6.42 Å². The molecule has 0 spiro atoms. The largest absolute Gasteiger partial charge is 0.491 e. The summed E-state index contributed by atoms with van der Waals surface area (Å²) in [5.74, 6) is -0.497. The molecule has 0 bridgehead atoms. The highest BCUT2D eigenvalue weighted by atomic mass is 19.1. The van der Waals surface area contributed by atoms with E-state index >= 15 is 0 Å². The van der Waals surface area contributed by atoms with Crippen molar-refractivity contribution in [2.75, 3.05) is 7.11 Å². The van der Waals surface area contributed by atoms with E-state index in [9.17, 15) is 13.2 Å². The molecule has 164 valence electrons. The summed E-state index contributed by atoms with van der Waals surface area (Å²) in [5.41, 5.74) is 1.31. The zero-order chi connectivity index (χ0) is 21.7. The van der Waals surface area contributed by atoms with E-state index in [2.05, 4.69) is 13.8 Å². The lowest BCUT2D eigenvalue weighted by Gasteiger charge is -2.32. The van der Waals surface area contributed by atoms with E-state index < -0.39 is 23.2 Å². The van der Waals surface area contributed by atoms with Crippen LogP contribution in [0, 0.1) is 35.2 Å². The van der Waals surface area contributed by atoms with Crippen molar-refractivity contribution in [1.82, 2.24) is 0 Å². The fourth-order valence-corrected chi connectivity index (χ4v) is 4.91. The van der Waals surface area contributed by atoms with Crippen LogP contribution in [0.1, 0.15) is 64.4 Å². The summed E-state index contributed by atoms with van der Waals surface area (Å²) in [5, 5.41) is 0. The summed E-state index contributed by atoms with van der Waals surface area (Å²) in [6, 6.07) is 7.24. The van der Waals surface area contributed by atoms with Crippen molar-refractivity contribution in [3.8, 4) is 16.9 Å². The monoisotopic (exact) mass is 418 g/mol. The van der Waals surface area contributed by atoms with E-state index in [1.165, 1.54) is 58.1 Å². The average molecular weight is 419 g/mol. The number of hydrogen-bond donors (Lipinski definition) is 0. The predicted octanol–water partition coefficient (Wildman–Crippen LogP) is 7.95. The molecule has 1 atom stereocenters. The first-order chi connectivity index (χ1) is 14.4. The minimum absolute atomic E-state index is 0.174. The highest BCUT2D eigenvalue weighted by Gasteiger charge is 2.25. The highest BCUT2D eigenvalue weighted by molar-refractivity contribution is 5.65. The van der Waals surface area contributed by atoms with Gasteiger partial charge in [-0.15, -0.1) is 0 Å². The number of halogens is 3. The Bertz CT molecular complexity index is 817. The summed E-state index contributed by atoms with van der Waals surface area (Å²) in [6.45, 7) is 4.51. The van der Waals surface area contributed by atoms with E-state index in [0.717, 1.165) is 30.0 Å². The standard InChI is InChI=1S/C26H33F3O/c1-4-5-6-18-7-10-20(11-8-18)17(2)13-19-9-12-22(23(27)14-19)21-15-24(28)26(30-3)25(29)16-21/h9,12,14-18,20H,4-8,10-11,13H2,1-3H3. The Balaban J connectivity index is 1.65. The molecular weight excluding hydrogens is 385 g/mol. The van der Waals surface area contributed by atoms with Gasteiger partial charge in [0.2, 0.25) is 0 Å². The molecule has 0 N–H and O–H groups in total. The van der Waals surface area contributed by atoms with E-state index in [1.807, 2.05) is 6.07 Å². The van der Waals surface area contributed by atoms with Crippen LogP contribution in [0.5, 0.6) is 5.75 Å². The van der Waals surface area contributed by atoms with Gasteiger partial charge in [0.25, 0.3) is 0 Å². The molecule has 0 radical (unpaired) electrons. The smallest absolute Gasteiger partial charge is 0.190 e. The maximum Gasteiger partial charge on any atom is 0.190 e. The van der Waals surface area contributed by atoms with Gasteiger partial charge in [-0.2, -0.15) is 0 Å². The molecule has 1 fully saturated rings. The molecule has 1 unspecified atom stereocenters. The number of benzene rings is 2. The summed E-state index contributed by atoms with van der Waals surface area (Å²) < 4.78 is 47.5. The number of hydrogen-bond acceptors (Lipinski definition) is 1. The molecule has 0 amide bonds. The van der Waals surface area contributed by atoms with Gasteiger partial charge in [-0.1, -0.05) is 58.1 Å². The van der Waals surface area contributed by atoms with Gasteiger partial charge >= 0.3 is 0 Å². The Morgan fingerprint density at radius 2 is 1.63 bits per heavy atom. The van der Waals surface area contributed by atoms with Gasteiger partial charge in [0, 0.05) is 5.56 Å². The Kier molecular flexibility index (Phi) is 7.85. The maximum absolute atomic E-state index is 14.8. The number of rotatable bonds is 8. The zero-order valence-electron chi connectivity index (χ0n) is 18.3. The Hall–Kier alpha value is -1.97. The molecule has 0 aliphatic heterocycles. The first-order valence-corrected chi connectivity index (χ1v) is 11.2. The van der Waals surface area contributed by atoms with Gasteiger partial charge in [0.15, 0.2) is 17.4 Å². The third-order valence-corrected chi connectivity index (χ3v) is 6.77. The minimum Gasteiger partial charge on any atom is -0.491 e. The Labute approximate surface area is 178 Å². The highest BCUT2D eigenvalue weighted by Crippen LogP contribution is 2.37. The van der Waals surface area contributed by atoms with Crippen molar-refractivity contribution >= 4 is 0 Å². The Morgan fingerprint density at radius 3 is 2.20 bits per heavy atom. The first-order valence-electron chi connectivity index (χ1n) is 11.2. The lowest BCUT2D eigenvalue weighted by atomic mass is 9.73. The van der Waals surface area contributed by atoms with E-state index in [-0.39, 0.29) is 11.1 Å². The van der Waals surface area contributed by atoms with Crippen LogP contribution in [0.25, 0.3) is 11.1 Å². The van der Waals surface area contributed by atoms with Crippen LogP contribution in [-0.4, -0.2) is 7.11 Å². The summed E-state index contributed by atoms with van der Waals surface area (Å²) in [4.78, 5) is 0. The lowest BCUT2D eigenvalue weighted by Crippen LogP contribution is -2.21. The second-order valence-electron chi connectivity index (χ2n) is 8.89. The van der Waals surface area contributed by atoms with Gasteiger partial charge in [-0.05, 0) is 66.3 Å². The van der Waals surface area contributed by atoms with Crippen molar-refractivity contribution < 1.29 is 17.9 Å². The van der Waals surface area contributed by atoms with Gasteiger partial charge in [0.05, 0.1) is 7.11 Å². The summed E-state index contributed by atoms with van der Waals surface area (Å²) >= 11 is 0. The van der Waals surface area contributed by atoms with Gasteiger partial charge in [0.1, 0.15) is 5.82 Å². The van der Waals surface area contributed by atoms with Crippen molar-refractivity contribution in [3.63, 3.8) is 0 Å². The van der Waals surface area contributed by atoms with Gasteiger partial charge in [-0.3, -0.25) is 0 Å². The van der Waals surface area contributed by atoms with Crippen LogP contribution in [0.15, 0.2) is 30.3 Å². The first kappa shape index (κ1) is 22.7. The third kappa shape index (κ3) is 5.39. The number of methoxy groups -OCH3 is 1. The Morgan fingerprint density at radius 1 is 0.967 bits per heavy atom. The fourth-order valence-electron chi connectivity index (χ4n) is 4.91. The van der Waals surface area contributed by atoms with Crippen molar-refractivity contribution in [3.05, 3.63) is 53.3 Å². The van der Waals surface area contributed by atoms with E-state index in [1.54, 1.807) is 6.07 Å². The molecule has 3 rings (SSSR count). The van der Waals surface area contributed by atoms with Crippen LogP contribution < -0.4 is 4.74 Å². The molecule has 2 aromatic rings. The molecule has 1 nitrogen and oxygen atoms in total.